The molecule has 2 rings (SSSR count). The summed E-state index contributed by atoms with van der Waals surface area (Å²) in [4.78, 5) is 4.23. The van der Waals surface area contributed by atoms with E-state index >= 15 is 0 Å². The lowest BCUT2D eigenvalue weighted by Gasteiger charge is -2.14. The number of pyridine rings is 1. The molecule has 19 heavy (non-hydrogen) atoms. The number of benzene rings is 1. The normalized spacial score (nSPS) is 12.4. The second-order valence-electron chi connectivity index (χ2n) is 4.93. The van der Waals surface area contributed by atoms with Crippen LogP contribution in [0.3, 0.4) is 0 Å². The van der Waals surface area contributed by atoms with Gasteiger partial charge in [-0.15, -0.1) is 0 Å². The van der Waals surface area contributed by atoms with Crippen molar-refractivity contribution in [2.45, 2.75) is 19.8 Å². The van der Waals surface area contributed by atoms with Gasteiger partial charge in [0.25, 0.3) is 0 Å². The standard InChI is InChI=1S/C16H17Br2N/c1-12-3-2-4-13(5-12)6-14(9-17)7-15-8-16(18)11-19-10-15/h2-5,8,10-11,14H,6-7,9H2,1H3. The summed E-state index contributed by atoms with van der Waals surface area (Å²) in [5.74, 6) is 0.595. The molecule has 0 radical (unpaired) electrons. The van der Waals surface area contributed by atoms with Crippen LogP contribution < -0.4 is 0 Å². The molecule has 0 spiro atoms. The average molecular weight is 383 g/mol. The maximum Gasteiger partial charge on any atom is 0.0410 e. The van der Waals surface area contributed by atoms with E-state index < -0.39 is 0 Å². The van der Waals surface area contributed by atoms with E-state index in [-0.39, 0.29) is 0 Å². The van der Waals surface area contributed by atoms with E-state index in [9.17, 15) is 0 Å². The Morgan fingerprint density at radius 2 is 1.89 bits per heavy atom. The molecule has 0 amide bonds. The Morgan fingerprint density at radius 3 is 2.58 bits per heavy atom. The van der Waals surface area contributed by atoms with Crippen LogP contribution in [0.15, 0.2) is 47.2 Å². The lowest BCUT2D eigenvalue weighted by Crippen LogP contribution is -2.10. The van der Waals surface area contributed by atoms with Crippen molar-refractivity contribution in [1.82, 2.24) is 4.98 Å². The van der Waals surface area contributed by atoms with Crippen LogP contribution in [0, 0.1) is 12.8 Å². The predicted molar refractivity (Wildman–Crippen MR) is 87.8 cm³/mol. The molecule has 1 atom stereocenters. The molecule has 100 valence electrons. The summed E-state index contributed by atoms with van der Waals surface area (Å²) in [6.07, 6.45) is 5.93. The van der Waals surface area contributed by atoms with Gasteiger partial charge in [0, 0.05) is 22.2 Å². The number of aromatic nitrogens is 1. The highest BCUT2D eigenvalue weighted by Crippen LogP contribution is 2.19. The van der Waals surface area contributed by atoms with Crippen molar-refractivity contribution in [2.75, 3.05) is 5.33 Å². The molecule has 0 saturated carbocycles. The fourth-order valence-corrected chi connectivity index (χ4v) is 3.12. The Bertz CT molecular complexity index is 492. The molecular formula is C16H17Br2N. The van der Waals surface area contributed by atoms with E-state index in [1.54, 1.807) is 0 Å². The van der Waals surface area contributed by atoms with E-state index in [2.05, 4.69) is 74.1 Å². The molecular weight excluding hydrogens is 366 g/mol. The first-order valence-corrected chi connectivity index (χ1v) is 8.30. The number of hydrogen-bond acceptors (Lipinski definition) is 1. The molecule has 1 aromatic heterocycles. The highest BCUT2D eigenvalue weighted by molar-refractivity contribution is 9.10. The van der Waals surface area contributed by atoms with Gasteiger partial charge in [0.2, 0.25) is 0 Å². The van der Waals surface area contributed by atoms with Gasteiger partial charge in [-0.1, -0.05) is 45.8 Å². The van der Waals surface area contributed by atoms with Crippen molar-refractivity contribution in [3.8, 4) is 0 Å². The summed E-state index contributed by atoms with van der Waals surface area (Å²) in [6.45, 7) is 2.14. The van der Waals surface area contributed by atoms with Crippen LogP contribution in [0.2, 0.25) is 0 Å². The highest BCUT2D eigenvalue weighted by Gasteiger charge is 2.10. The summed E-state index contributed by atoms with van der Waals surface area (Å²) in [5, 5.41) is 1.01. The van der Waals surface area contributed by atoms with Gasteiger partial charge in [-0.05, 0) is 58.8 Å². The minimum Gasteiger partial charge on any atom is -0.263 e. The summed E-state index contributed by atoms with van der Waals surface area (Å²) in [6, 6.07) is 10.9. The fourth-order valence-electron chi connectivity index (χ4n) is 2.25. The molecule has 0 aliphatic carbocycles. The zero-order valence-electron chi connectivity index (χ0n) is 10.9. The molecule has 0 aliphatic heterocycles. The summed E-state index contributed by atoms with van der Waals surface area (Å²) in [5.41, 5.74) is 4.02. The molecule has 2 aromatic rings. The van der Waals surface area contributed by atoms with Crippen molar-refractivity contribution in [2.24, 2.45) is 5.92 Å². The number of halogens is 2. The van der Waals surface area contributed by atoms with E-state index in [1.807, 2.05) is 12.4 Å². The minimum atomic E-state index is 0.595. The fraction of sp³-hybridized carbons (Fsp3) is 0.312. The molecule has 1 nitrogen and oxygen atoms in total. The van der Waals surface area contributed by atoms with Crippen LogP contribution in [0.5, 0.6) is 0 Å². The van der Waals surface area contributed by atoms with Crippen molar-refractivity contribution in [1.29, 1.82) is 0 Å². The molecule has 1 heterocycles. The summed E-state index contributed by atoms with van der Waals surface area (Å²) >= 11 is 7.11. The second kappa shape index (κ2) is 7.20. The molecule has 0 N–H and O–H groups in total. The van der Waals surface area contributed by atoms with Crippen LogP contribution in [-0.2, 0) is 12.8 Å². The predicted octanol–water partition coefficient (Wildman–Crippen LogP) is 4.95. The first kappa shape index (κ1) is 14.7. The van der Waals surface area contributed by atoms with Crippen molar-refractivity contribution in [3.63, 3.8) is 0 Å². The summed E-state index contributed by atoms with van der Waals surface area (Å²) < 4.78 is 1.05. The van der Waals surface area contributed by atoms with Gasteiger partial charge >= 0.3 is 0 Å². The first-order valence-electron chi connectivity index (χ1n) is 6.38. The Balaban J connectivity index is 2.04. The van der Waals surface area contributed by atoms with Gasteiger partial charge < -0.3 is 0 Å². The zero-order valence-corrected chi connectivity index (χ0v) is 14.1. The van der Waals surface area contributed by atoms with Crippen molar-refractivity contribution in [3.05, 3.63) is 63.9 Å². The maximum absolute atomic E-state index is 4.23. The van der Waals surface area contributed by atoms with Crippen molar-refractivity contribution >= 4 is 31.9 Å². The quantitative estimate of drug-likeness (QED) is 0.666. The van der Waals surface area contributed by atoms with Gasteiger partial charge in [-0.3, -0.25) is 4.98 Å². The van der Waals surface area contributed by atoms with Gasteiger partial charge in [0.15, 0.2) is 0 Å². The molecule has 0 bridgehead atoms. The lowest BCUT2D eigenvalue weighted by atomic mass is 9.94. The number of aryl methyl sites for hydroxylation is 1. The van der Waals surface area contributed by atoms with Crippen LogP contribution >= 0.6 is 31.9 Å². The SMILES string of the molecule is Cc1cccc(CC(CBr)Cc2cncc(Br)c2)c1. The van der Waals surface area contributed by atoms with Gasteiger partial charge in [0.05, 0.1) is 0 Å². The molecule has 1 aromatic carbocycles. The first-order chi connectivity index (χ1) is 9.17. The van der Waals surface area contributed by atoms with Crippen LogP contribution in [0.4, 0.5) is 0 Å². The Morgan fingerprint density at radius 1 is 1.11 bits per heavy atom. The molecule has 3 heteroatoms. The van der Waals surface area contributed by atoms with E-state index in [0.717, 1.165) is 22.6 Å². The Hall–Kier alpha value is -0.670. The van der Waals surface area contributed by atoms with E-state index in [4.69, 9.17) is 0 Å². The third-order valence-corrected chi connectivity index (χ3v) is 4.46. The maximum atomic E-state index is 4.23. The highest BCUT2D eigenvalue weighted by atomic mass is 79.9. The minimum absolute atomic E-state index is 0.595. The van der Waals surface area contributed by atoms with Crippen molar-refractivity contribution < 1.29 is 0 Å². The molecule has 0 aliphatic rings. The number of alkyl halides is 1. The molecule has 0 fully saturated rings. The smallest absolute Gasteiger partial charge is 0.0410 e. The van der Waals surface area contributed by atoms with Gasteiger partial charge in [-0.25, -0.2) is 0 Å². The molecule has 1 unspecified atom stereocenters. The second-order valence-corrected chi connectivity index (χ2v) is 6.49. The molecule has 0 saturated heterocycles. The van der Waals surface area contributed by atoms with Crippen LogP contribution in [0.1, 0.15) is 16.7 Å². The average Bonchev–Trinajstić information content (AvgIpc) is 2.38. The zero-order chi connectivity index (χ0) is 13.7. The van der Waals surface area contributed by atoms with Gasteiger partial charge in [-0.2, -0.15) is 0 Å². The van der Waals surface area contributed by atoms with E-state index in [1.165, 1.54) is 16.7 Å². The number of rotatable bonds is 5. The lowest BCUT2D eigenvalue weighted by molar-refractivity contribution is 0.590. The monoisotopic (exact) mass is 381 g/mol. The third kappa shape index (κ3) is 4.73. The van der Waals surface area contributed by atoms with Crippen LogP contribution in [0.25, 0.3) is 0 Å². The van der Waals surface area contributed by atoms with Gasteiger partial charge in [0.1, 0.15) is 0 Å². The largest absolute Gasteiger partial charge is 0.263 e. The third-order valence-electron chi connectivity index (χ3n) is 3.11. The summed E-state index contributed by atoms with van der Waals surface area (Å²) in [7, 11) is 0. The number of nitrogens with zero attached hydrogens (tertiary/aromatic N) is 1. The Kier molecular flexibility index (Phi) is 5.59. The number of hydrogen-bond donors (Lipinski definition) is 0. The van der Waals surface area contributed by atoms with Crippen LogP contribution in [-0.4, -0.2) is 10.3 Å². The Labute approximate surface area is 131 Å². The van der Waals surface area contributed by atoms with E-state index in [0.29, 0.717) is 5.92 Å². The topological polar surface area (TPSA) is 12.9 Å².